The van der Waals surface area contributed by atoms with Crippen LogP contribution in [0.4, 0.5) is 5.69 Å². The largest absolute Gasteiger partial charge is 0.383 e. The second-order valence-corrected chi connectivity index (χ2v) is 7.60. The lowest BCUT2D eigenvalue weighted by atomic mass is 10.3. The van der Waals surface area contributed by atoms with Gasteiger partial charge in [0.15, 0.2) is 4.80 Å². The Morgan fingerprint density at radius 1 is 1.30 bits per heavy atom. The maximum atomic E-state index is 12.3. The highest BCUT2D eigenvalue weighted by Crippen LogP contribution is 2.23. The van der Waals surface area contributed by atoms with Crippen LogP contribution in [0.3, 0.4) is 0 Å². The number of carbonyl (C=O) groups excluding carboxylic acids is 1. The zero-order valence-electron chi connectivity index (χ0n) is 14.5. The van der Waals surface area contributed by atoms with E-state index in [0.717, 1.165) is 9.60 Å². The average molecular weight is 403 g/mol. The van der Waals surface area contributed by atoms with Gasteiger partial charge in [-0.05, 0) is 18.2 Å². The molecular formula is C18H17N3O4S2. The molecule has 0 N–H and O–H groups in total. The fourth-order valence-electron chi connectivity index (χ4n) is 2.46. The predicted molar refractivity (Wildman–Crippen MR) is 106 cm³/mol. The van der Waals surface area contributed by atoms with Crippen LogP contribution in [0.25, 0.3) is 10.2 Å². The number of amides is 1. The number of fused-ring (bicyclic) bond motifs is 1. The van der Waals surface area contributed by atoms with Gasteiger partial charge in [-0.15, -0.1) is 11.8 Å². The smallest absolute Gasteiger partial charge is 0.271 e. The van der Waals surface area contributed by atoms with E-state index in [1.807, 2.05) is 30.3 Å². The minimum atomic E-state index is -0.434. The number of thiazole rings is 1. The van der Waals surface area contributed by atoms with Crippen molar-refractivity contribution in [3.63, 3.8) is 0 Å². The highest BCUT2D eigenvalue weighted by atomic mass is 32.2. The summed E-state index contributed by atoms with van der Waals surface area (Å²) in [5.74, 6) is -0.0287. The molecule has 27 heavy (non-hydrogen) atoms. The second kappa shape index (κ2) is 8.94. The SMILES string of the molecule is COCCn1c(=NC(=O)CSc2ccccc2)sc2ccc([N+](=O)[O-])cc21. The number of nitrogens with zero attached hydrogens (tertiary/aromatic N) is 3. The zero-order chi connectivity index (χ0) is 19.2. The molecule has 0 bridgehead atoms. The van der Waals surface area contributed by atoms with Gasteiger partial charge in [-0.2, -0.15) is 4.99 Å². The molecule has 0 spiro atoms. The molecule has 0 aliphatic carbocycles. The molecule has 0 aliphatic rings. The van der Waals surface area contributed by atoms with Crippen molar-refractivity contribution in [2.45, 2.75) is 11.4 Å². The molecule has 0 aliphatic heterocycles. The van der Waals surface area contributed by atoms with Crippen molar-refractivity contribution in [1.29, 1.82) is 0 Å². The van der Waals surface area contributed by atoms with Gasteiger partial charge in [0, 0.05) is 30.7 Å². The van der Waals surface area contributed by atoms with Gasteiger partial charge in [0.1, 0.15) is 0 Å². The third-order valence-electron chi connectivity index (χ3n) is 3.72. The molecule has 1 amide bonds. The van der Waals surface area contributed by atoms with E-state index >= 15 is 0 Å². The standard InChI is InChI=1S/C18H17N3O4S2/c1-25-10-9-20-15-11-13(21(23)24)7-8-16(15)27-18(20)19-17(22)12-26-14-5-3-2-4-6-14/h2-8,11H,9-10,12H2,1H3. The molecule has 0 atom stereocenters. The van der Waals surface area contributed by atoms with Crippen LogP contribution in [-0.2, 0) is 16.1 Å². The van der Waals surface area contributed by atoms with Crippen LogP contribution in [-0.4, -0.2) is 34.9 Å². The van der Waals surface area contributed by atoms with Gasteiger partial charge in [-0.25, -0.2) is 0 Å². The van der Waals surface area contributed by atoms with Crippen molar-refractivity contribution in [3.05, 3.63) is 63.4 Å². The Kier molecular flexibility index (Phi) is 6.38. The first-order chi connectivity index (χ1) is 13.1. The fraction of sp³-hybridized carbons (Fsp3) is 0.222. The molecule has 2 aromatic carbocycles. The van der Waals surface area contributed by atoms with E-state index in [-0.39, 0.29) is 17.3 Å². The topological polar surface area (TPSA) is 86.7 Å². The number of nitro benzene ring substituents is 1. The number of rotatable bonds is 7. The van der Waals surface area contributed by atoms with Gasteiger partial charge < -0.3 is 9.30 Å². The number of hydrogen-bond acceptors (Lipinski definition) is 6. The van der Waals surface area contributed by atoms with Gasteiger partial charge >= 0.3 is 0 Å². The van der Waals surface area contributed by atoms with E-state index in [1.54, 1.807) is 17.7 Å². The van der Waals surface area contributed by atoms with Gasteiger partial charge in [0.05, 0.1) is 27.5 Å². The number of thioether (sulfide) groups is 1. The van der Waals surface area contributed by atoms with E-state index in [0.29, 0.717) is 23.5 Å². The highest BCUT2D eigenvalue weighted by Gasteiger charge is 2.13. The Bertz CT molecular complexity index is 1030. The molecule has 140 valence electrons. The minimum absolute atomic E-state index is 0.00368. The minimum Gasteiger partial charge on any atom is -0.383 e. The van der Waals surface area contributed by atoms with Crippen LogP contribution < -0.4 is 4.80 Å². The third kappa shape index (κ3) is 4.82. The molecule has 3 rings (SSSR count). The maximum Gasteiger partial charge on any atom is 0.271 e. The molecule has 0 unspecified atom stereocenters. The van der Waals surface area contributed by atoms with Crippen LogP contribution in [0, 0.1) is 10.1 Å². The zero-order valence-corrected chi connectivity index (χ0v) is 16.2. The molecule has 7 nitrogen and oxygen atoms in total. The molecular weight excluding hydrogens is 386 g/mol. The summed E-state index contributed by atoms with van der Waals surface area (Å²) in [6.45, 7) is 0.865. The summed E-state index contributed by atoms with van der Waals surface area (Å²) in [6.07, 6.45) is 0. The van der Waals surface area contributed by atoms with E-state index < -0.39 is 4.92 Å². The lowest BCUT2D eigenvalue weighted by Gasteiger charge is -2.04. The number of hydrogen-bond donors (Lipinski definition) is 0. The number of carbonyl (C=O) groups is 1. The number of methoxy groups -OCH3 is 1. The highest BCUT2D eigenvalue weighted by molar-refractivity contribution is 8.00. The van der Waals surface area contributed by atoms with Gasteiger partial charge in [-0.1, -0.05) is 29.5 Å². The lowest BCUT2D eigenvalue weighted by molar-refractivity contribution is -0.384. The summed E-state index contributed by atoms with van der Waals surface area (Å²) >= 11 is 2.76. The molecule has 0 saturated carbocycles. The monoisotopic (exact) mass is 403 g/mol. The fourth-order valence-corrected chi connectivity index (χ4v) is 4.21. The molecule has 0 radical (unpaired) electrons. The maximum absolute atomic E-state index is 12.3. The van der Waals surface area contributed by atoms with E-state index in [9.17, 15) is 14.9 Å². The van der Waals surface area contributed by atoms with E-state index in [4.69, 9.17) is 4.74 Å². The predicted octanol–water partition coefficient (Wildman–Crippen LogP) is 3.48. The lowest BCUT2D eigenvalue weighted by Crippen LogP contribution is -2.19. The van der Waals surface area contributed by atoms with Crippen molar-refractivity contribution in [3.8, 4) is 0 Å². The average Bonchev–Trinajstić information content (AvgIpc) is 3.01. The Morgan fingerprint density at radius 2 is 2.07 bits per heavy atom. The summed E-state index contributed by atoms with van der Waals surface area (Å²) in [7, 11) is 1.58. The summed E-state index contributed by atoms with van der Waals surface area (Å²) in [4.78, 5) is 28.7. The van der Waals surface area contributed by atoms with Crippen LogP contribution >= 0.6 is 23.1 Å². The molecule has 3 aromatic rings. The molecule has 1 aromatic heterocycles. The van der Waals surface area contributed by atoms with Gasteiger partial charge in [0.2, 0.25) is 0 Å². The van der Waals surface area contributed by atoms with Crippen LogP contribution in [0.1, 0.15) is 0 Å². The van der Waals surface area contributed by atoms with Crippen LogP contribution in [0.15, 0.2) is 58.4 Å². The Labute approximate surface area is 163 Å². The van der Waals surface area contributed by atoms with Crippen molar-refractivity contribution in [2.24, 2.45) is 4.99 Å². The first-order valence-corrected chi connectivity index (χ1v) is 9.91. The van der Waals surface area contributed by atoms with Crippen LogP contribution in [0.5, 0.6) is 0 Å². The normalized spacial score (nSPS) is 11.8. The molecule has 0 fully saturated rings. The first-order valence-electron chi connectivity index (χ1n) is 8.10. The summed E-state index contributed by atoms with van der Waals surface area (Å²) < 4.78 is 7.75. The third-order valence-corrected chi connectivity index (χ3v) is 5.78. The Balaban J connectivity index is 1.92. The van der Waals surface area contributed by atoms with Crippen LogP contribution in [0.2, 0.25) is 0 Å². The summed E-state index contributed by atoms with van der Waals surface area (Å²) in [5, 5.41) is 11.1. The Morgan fingerprint density at radius 3 is 2.78 bits per heavy atom. The van der Waals surface area contributed by atoms with Gasteiger partial charge in [0.25, 0.3) is 11.6 Å². The Hall–Kier alpha value is -2.49. The van der Waals surface area contributed by atoms with Crippen molar-refractivity contribution in [1.82, 2.24) is 4.57 Å². The number of aromatic nitrogens is 1. The number of non-ortho nitro benzene ring substituents is 1. The molecule has 0 saturated heterocycles. The number of benzene rings is 2. The number of nitro groups is 1. The summed E-state index contributed by atoms with van der Waals surface area (Å²) in [6, 6.07) is 14.3. The molecule has 9 heteroatoms. The second-order valence-electron chi connectivity index (χ2n) is 5.55. The first kappa shape index (κ1) is 19.3. The van der Waals surface area contributed by atoms with E-state index in [2.05, 4.69) is 4.99 Å². The van der Waals surface area contributed by atoms with Crippen molar-refractivity contribution >= 4 is 44.9 Å². The van der Waals surface area contributed by atoms with Crippen molar-refractivity contribution in [2.75, 3.05) is 19.5 Å². The number of ether oxygens (including phenoxy) is 1. The van der Waals surface area contributed by atoms with Crippen molar-refractivity contribution < 1.29 is 14.5 Å². The van der Waals surface area contributed by atoms with Gasteiger partial charge in [-0.3, -0.25) is 14.9 Å². The molecule has 1 heterocycles. The van der Waals surface area contributed by atoms with E-state index in [1.165, 1.54) is 35.2 Å². The summed E-state index contributed by atoms with van der Waals surface area (Å²) in [5.41, 5.74) is 0.678. The quantitative estimate of drug-likeness (QED) is 0.342.